The van der Waals surface area contributed by atoms with Gasteiger partial charge in [0.05, 0.1) is 19.3 Å². The van der Waals surface area contributed by atoms with E-state index in [9.17, 15) is 0 Å². The molecular formula is C19H22N4O. The Hall–Kier alpha value is -2.95. The van der Waals surface area contributed by atoms with Crippen LogP contribution in [0.5, 0.6) is 5.75 Å². The molecule has 124 valence electrons. The maximum absolute atomic E-state index is 6.00. The topological polar surface area (TPSA) is 62.9 Å². The van der Waals surface area contributed by atoms with E-state index in [-0.39, 0.29) is 0 Å². The molecule has 5 nitrogen and oxygen atoms in total. The molecule has 2 aromatic rings. The van der Waals surface area contributed by atoms with Crippen molar-refractivity contribution in [1.82, 2.24) is 0 Å². The predicted octanol–water partition coefficient (Wildman–Crippen LogP) is 3.00. The molecule has 0 bridgehead atoms. The lowest BCUT2D eigenvalue weighted by Gasteiger charge is -2.18. The lowest BCUT2D eigenvalue weighted by molar-refractivity contribution is 0.417. The smallest absolute Gasteiger partial charge is 0.193 e. The summed E-state index contributed by atoms with van der Waals surface area (Å²) in [6.45, 7) is 2.46. The number of hydrogen-bond donors (Lipinski definition) is 2. The minimum Gasteiger partial charge on any atom is -0.495 e. The quantitative estimate of drug-likeness (QED) is 0.505. The monoisotopic (exact) mass is 322 g/mol. The van der Waals surface area contributed by atoms with Crippen LogP contribution in [-0.4, -0.2) is 26.2 Å². The number of nitrogens with one attached hydrogen (secondary N) is 1. The minimum absolute atomic E-state index is 0.368. The number of rotatable bonds is 5. The zero-order chi connectivity index (χ0) is 16.8. The Morgan fingerprint density at radius 2 is 1.96 bits per heavy atom. The van der Waals surface area contributed by atoms with Crippen LogP contribution in [0.15, 0.2) is 65.7 Å². The van der Waals surface area contributed by atoms with E-state index >= 15 is 0 Å². The molecule has 1 aliphatic rings. The Morgan fingerprint density at radius 3 is 2.75 bits per heavy atom. The third-order valence-corrected chi connectivity index (χ3v) is 3.90. The summed E-state index contributed by atoms with van der Waals surface area (Å²) in [4.78, 5) is 6.74. The van der Waals surface area contributed by atoms with Crippen LogP contribution >= 0.6 is 0 Å². The number of guanidine groups is 1. The van der Waals surface area contributed by atoms with Crippen LogP contribution in [0.2, 0.25) is 0 Å². The fourth-order valence-electron chi connectivity index (χ4n) is 2.64. The molecule has 3 rings (SSSR count). The van der Waals surface area contributed by atoms with Gasteiger partial charge < -0.3 is 20.7 Å². The highest BCUT2D eigenvalue weighted by molar-refractivity contribution is 5.93. The molecule has 5 heteroatoms. The maximum Gasteiger partial charge on any atom is 0.193 e. The van der Waals surface area contributed by atoms with Gasteiger partial charge in [0, 0.05) is 18.8 Å². The van der Waals surface area contributed by atoms with E-state index in [0.717, 1.165) is 30.1 Å². The van der Waals surface area contributed by atoms with E-state index in [1.54, 1.807) is 7.11 Å². The van der Waals surface area contributed by atoms with Crippen LogP contribution in [0, 0.1) is 0 Å². The van der Waals surface area contributed by atoms with Gasteiger partial charge in [0.2, 0.25) is 0 Å². The van der Waals surface area contributed by atoms with Gasteiger partial charge in [0.15, 0.2) is 5.96 Å². The van der Waals surface area contributed by atoms with Gasteiger partial charge in [-0.1, -0.05) is 36.4 Å². The highest BCUT2D eigenvalue weighted by atomic mass is 16.5. The number of nitrogens with zero attached hydrogens (tertiary/aromatic N) is 2. The summed E-state index contributed by atoms with van der Waals surface area (Å²) in [7, 11) is 1.63. The van der Waals surface area contributed by atoms with Crippen LogP contribution in [0.4, 0.5) is 11.4 Å². The van der Waals surface area contributed by atoms with Crippen molar-refractivity contribution in [2.24, 2.45) is 10.7 Å². The molecule has 0 amide bonds. The number of methoxy groups -OCH3 is 1. The third kappa shape index (κ3) is 3.87. The number of para-hydroxylation sites is 2. The standard InChI is InChI=1S/C19H22N4O/c1-24-18-10-3-2-9-17(18)22-19(20)21-14-15-7-6-8-16(13-15)23-11-4-5-12-23/h2-10,13H,11-12,14H2,1H3,(H3,20,21,22). The van der Waals surface area contributed by atoms with Crippen molar-refractivity contribution in [3.05, 3.63) is 66.2 Å². The molecule has 0 saturated carbocycles. The summed E-state index contributed by atoms with van der Waals surface area (Å²) >= 11 is 0. The summed E-state index contributed by atoms with van der Waals surface area (Å²) in [6.07, 6.45) is 4.36. The van der Waals surface area contributed by atoms with Gasteiger partial charge in [0.25, 0.3) is 0 Å². The highest BCUT2D eigenvalue weighted by Crippen LogP contribution is 2.23. The zero-order valence-corrected chi connectivity index (χ0v) is 13.8. The van der Waals surface area contributed by atoms with Gasteiger partial charge in [-0.25, -0.2) is 4.99 Å². The molecule has 3 N–H and O–H groups in total. The third-order valence-electron chi connectivity index (χ3n) is 3.90. The first kappa shape index (κ1) is 15.9. The molecular weight excluding hydrogens is 300 g/mol. The zero-order valence-electron chi connectivity index (χ0n) is 13.8. The summed E-state index contributed by atoms with van der Waals surface area (Å²) < 4.78 is 5.30. The molecule has 1 heterocycles. The number of ether oxygens (including phenoxy) is 1. The van der Waals surface area contributed by atoms with E-state index in [4.69, 9.17) is 10.5 Å². The minimum atomic E-state index is 0.368. The average Bonchev–Trinajstić information content (AvgIpc) is 3.15. The van der Waals surface area contributed by atoms with E-state index in [0.29, 0.717) is 12.5 Å². The Morgan fingerprint density at radius 1 is 1.17 bits per heavy atom. The summed E-state index contributed by atoms with van der Waals surface area (Å²) in [6, 6.07) is 16.0. The van der Waals surface area contributed by atoms with E-state index in [2.05, 4.69) is 51.6 Å². The van der Waals surface area contributed by atoms with Crippen LogP contribution in [0.1, 0.15) is 5.56 Å². The second kappa shape index (κ2) is 7.55. The molecule has 1 aliphatic heterocycles. The average molecular weight is 322 g/mol. The van der Waals surface area contributed by atoms with Crippen LogP contribution < -0.4 is 20.7 Å². The van der Waals surface area contributed by atoms with Crippen molar-refractivity contribution in [3.8, 4) is 5.75 Å². The number of benzene rings is 2. The molecule has 0 spiro atoms. The van der Waals surface area contributed by atoms with Crippen molar-refractivity contribution >= 4 is 17.3 Å². The van der Waals surface area contributed by atoms with Gasteiger partial charge in [0.1, 0.15) is 5.75 Å². The first-order valence-corrected chi connectivity index (χ1v) is 7.95. The molecule has 24 heavy (non-hydrogen) atoms. The Labute approximate surface area is 142 Å². The number of nitrogens with two attached hydrogens (primary N) is 1. The molecule has 0 fully saturated rings. The fourth-order valence-corrected chi connectivity index (χ4v) is 2.64. The summed E-state index contributed by atoms with van der Waals surface area (Å²) in [5.41, 5.74) is 9.14. The van der Waals surface area contributed by atoms with E-state index in [1.165, 1.54) is 5.69 Å². The Kier molecular flexibility index (Phi) is 5.01. The van der Waals surface area contributed by atoms with E-state index < -0.39 is 0 Å². The van der Waals surface area contributed by atoms with Gasteiger partial charge in [-0.15, -0.1) is 0 Å². The van der Waals surface area contributed by atoms with Crippen molar-refractivity contribution in [2.75, 3.05) is 30.4 Å². The lowest BCUT2D eigenvalue weighted by Crippen LogP contribution is -2.23. The van der Waals surface area contributed by atoms with Crippen LogP contribution in [0.3, 0.4) is 0 Å². The van der Waals surface area contributed by atoms with Crippen molar-refractivity contribution < 1.29 is 4.74 Å². The Balaban J connectivity index is 1.65. The molecule has 0 aliphatic carbocycles. The number of aliphatic imine (C=N–C) groups is 1. The second-order valence-corrected chi connectivity index (χ2v) is 5.57. The predicted molar refractivity (Wildman–Crippen MR) is 99.7 cm³/mol. The molecule has 0 unspecified atom stereocenters. The van der Waals surface area contributed by atoms with Crippen molar-refractivity contribution in [1.29, 1.82) is 0 Å². The fraction of sp³-hybridized carbons (Fsp3) is 0.211. The SMILES string of the molecule is COc1ccccc1NC(N)=NCc1cccc(N2CC=CC2)c1. The normalized spacial score (nSPS) is 14.0. The highest BCUT2D eigenvalue weighted by Gasteiger charge is 2.08. The van der Waals surface area contributed by atoms with Gasteiger partial charge in [-0.2, -0.15) is 0 Å². The van der Waals surface area contributed by atoms with Crippen LogP contribution in [0.25, 0.3) is 0 Å². The van der Waals surface area contributed by atoms with Crippen molar-refractivity contribution in [3.63, 3.8) is 0 Å². The van der Waals surface area contributed by atoms with Gasteiger partial charge in [-0.3, -0.25) is 0 Å². The number of hydrogen-bond acceptors (Lipinski definition) is 3. The number of anilines is 2. The second-order valence-electron chi connectivity index (χ2n) is 5.57. The maximum atomic E-state index is 6.00. The molecule has 2 aromatic carbocycles. The lowest BCUT2D eigenvalue weighted by atomic mass is 10.2. The largest absolute Gasteiger partial charge is 0.495 e. The van der Waals surface area contributed by atoms with Gasteiger partial charge >= 0.3 is 0 Å². The first-order valence-electron chi connectivity index (χ1n) is 7.95. The Bertz CT molecular complexity index is 747. The van der Waals surface area contributed by atoms with E-state index in [1.807, 2.05) is 24.3 Å². The summed E-state index contributed by atoms with van der Waals surface area (Å²) in [5, 5.41) is 3.08. The molecule has 0 saturated heterocycles. The summed E-state index contributed by atoms with van der Waals surface area (Å²) in [5.74, 6) is 1.10. The van der Waals surface area contributed by atoms with Gasteiger partial charge in [-0.05, 0) is 29.8 Å². The molecule has 0 atom stereocenters. The molecule has 0 radical (unpaired) electrons. The van der Waals surface area contributed by atoms with Crippen molar-refractivity contribution in [2.45, 2.75) is 6.54 Å². The van der Waals surface area contributed by atoms with Crippen LogP contribution in [-0.2, 0) is 6.54 Å². The molecule has 0 aromatic heterocycles. The first-order chi connectivity index (χ1) is 11.8.